The molecule has 3 aliphatic rings. The molecule has 1 aromatic heterocycles. The number of para-hydroxylation sites is 2. The van der Waals surface area contributed by atoms with E-state index in [1.165, 1.54) is 32.9 Å². The Morgan fingerprint density at radius 2 is 1.97 bits per heavy atom. The van der Waals surface area contributed by atoms with Crippen molar-refractivity contribution in [2.75, 3.05) is 18.5 Å². The van der Waals surface area contributed by atoms with Crippen molar-refractivity contribution in [2.45, 2.75) is 50.8 Å². The molecule has 7 rings (SSSR count). The van der Waals surface area contributed by atoms with Gasteiger partial charge in [-0.05, 0) is 67.5 Å². The molecule has 2 N–H and O–H groups in total. The Morgan fingerprint density at radius 1 is 1.08 bits per heavy atom. The predicted octanol–water partition coefficient (Wildman–Crippen LogP) is 6.55. The highest BCUT2D eigenvalue weighted by Crippen LogP contribution is 2.51. The number of amides is 1. The summed E-state index contributed by atoms with van der Waals surface area (Å²) in [6.45, 7) is 4.51. The number of ether oxygens (including phenoxy) is 1. The molecule has 0 saturated carbocycles. The number of allylic oxidation sites excluding steroid dienone is 2. The molecule has 0 radical (unpaired) electrons. The average molecular weight is 492 g/mol. The van der Waals surface area contributed by atoms with Gasteiger partial charge in [-0.2, -0.15) is 0 Å². The maximum absolute atomic E-state index is 13.3. The van der Waals surface area contributed by atoms with Crippen LogP contribution >= 0.6 is 0 Å². The minimum absolute atomic E-state index is 0.0273. The predicted molar refractivity (Wildman–Crippen MR) is 149 cm³/mol. The van der Waals surface area contributed by atoms with Crippen LogP contribution in [0, 0.1) is 5.92 Å². The first-order valence-electron chi connectivity index (χ1n) is 13.7. The molecule has 0 spiro atoms. The maximum Gasteiger partial charge on any atom is 0.253 e. The Morgan fingerprint density at radius 3 is 2.84 bits per heavy atom. The summed E-state index contributed by atoms with van der Waals surface area (Å²) in [6.07, 6.45) is 7.90. The quantitative estimate of drug-likeness (QED) is 0.311. The Labute approximate surface area is 217 Å². The molecule has 2 aliphatic heterocycles. The zero-order valence-electron chi connectivity index (χ0n) is 21.2. The number of fused-ring (bicyclic) bond motifs is 6. The number of nitrogens with one attached hydrogen (secondary N) is 2. The number of benzene rings is 3. The summed E-state index contributed by atoms with van der Waals surface area (Å²) in [5, 5.41) is 9.59. The summed E-state index contributed by atoms with van der Waals surface area (Å²) in [5.41, 5.74) is 6.77. The number of hydrogen-bond donors (Lipinski definition) is 2. The van der Waals surface area contributed by atoms with Crippen molar-refractivity contribution in [3.05, 3.63) is 89.5 Å². The molecule has 4 unspecified atom stereocenters. The lowest BCUT2D eigenvalue weighted by atomic mass is 9.76. The van der Waals surface area contributed by atoms with Gasteiger partial charge < -0.3 is 19.9 Å². The summed E-state index contributed by atoms with van der Waals surface area (Å²) in [5.74, 6) is 0.704. The second-order valence-corrected chi connectivity index (χ2v) is 10.6. The molecule has 3 heterocycles. The van der Waals surface area contributed by atoms with Crippen LogP contribution in [0.15, 0.2) is 72.8 Å². The zero-order valence-corrected chi connectivity index (χ0v) is 21.2. The van der Waals surface area contributed by atoms with Crippen LogP contribution in [-0.2, 0) is 11.3 Å². The van der Waals surface area contributed by atoms with Gasteiger partial charge in [0.05, 0.1) is 23.4 Å². The molecular weight excluding hydrogens is 458 g/mol. The van der Waals surface area contributed by atoms with Crippen molar-refractivity contribution >= 4 is 33.4 Å². The van der Waals surface area contributed by atoms with E-state index in [-0.39, 0.29) is 18.1 Å². The van der Waals surface area contributed by atoms with Crippen LogP contribution in [0.2, 0.25) is 0 Å². The van der Waals surface area contributed by atoms with Gasteiger partial charge in [0.2, 0.25) is 0 Å². The van der Waals surface area contributed by atoms with E-state index in [1.807, 2.05) is 12.1 Å². The Kier molecular flexibility index (Phi) is 5.54. The molecule has 4 aromatic rings. The molecule has 3 aromatic carbocycles. The van der Waals surface area contributed by atoms with Crippen LogP contribution in [0.5, 0.6) is 0 Å². The van der Waals surface area contributed by atoms with Gasteiger partial charge in [0, 0.05) is 47.4 Å². The highest BCUT2D eigenvalue weighted by Gasteiger charge is 2.39. The minimum atomic E-state index is -0.0273. The van der Waals surface area contributed by atoms with Crippen molar-refractivity contribution in [1.82, 2.24) is 9.88 Å². The first kappa shape index (κ1) is 22.6. The van der Waals surface area contributed by atoms with Gasteiger partial charge in [0.25, 0.3) is 5.91 Å². The molecule has 37 heavy (non-hydrogen) atoms. The first-order chi connectivity index (χ1) is 18.2. The van der Waals surface area contributed by atoms with E-state index < -0.39 is 0 Å². The number of carbonyl (C=O) groups excluding carboxylic acids is 1. The maximum atomic E-state index is 13.3. The van der Waals surface area contributed by atoms with Crippen LogP contribution in [0.3, 0.4) is 0 Å². The minimum Gasteiger partial charge on any atom is -0.377 e. The van der Waals surface area contributed by atoms with Crippen LogP contribution < -0.4 is 10.6 Å². The van der Waals surface area contributed by atoms with Crippen molar-refractivity contribution in [3.8, 4) is 0 Å². The van der Waals surface area contributed by atoms with E-state index >= 15 is 0 Å². The Bertz CT molecular complexity index is 1530. The van der Waals surface area contributed by atoms with Gasteiger partial charge in [-0.25, -0.2) is 0 Å². The highest BCUT2D eigenvalue weighted by molar-refractivity contribution is 6.08. The number of carbonyl (C=O) groups is 1. The largest absolute Gasteiger partial charge is 0.377 e. The van der Waals surface area contributed by atoms with Gasteiger partial charge in [-0.1, -0.05) is 48.6 Å². The monoisotopic (exact) mass is 491 g/mol. The van der Waals surface area contributed by atoms with Crippen molar-refractivity contribution in [3.63, 3.8) is 0 Å². The number of aromatic nitrogens is 1. The average Bonchev–Trinajstić information content (AvgIpc) is 3.70. The number of rotatable bonds is 5. The summed E-state index contributed by atoms with van der Waals surface area (Å²) in [4.78, 5) is 13.3. The van der Waals surface area contributed by atoms with E-state index in [0.29, 0.717) is 18.4 Å². The van der Waals surface area contributed by atoms with E-state index in [0.717, 1.165) is 43.7 Å². The van der Waals surface area contributed by atoms with Gasteiger partial charge in [0.15, 0.2) is 0 Å². The smallest absolute Gasteiger partial charge is 0.253 e. The third kappa shape index (κ3) is 3.67. The van der Waals surface area contributed by atoms with E-state index in [2.05, 4.69) is 82.8 Å². The third-order valence-electron chi connectivity index (χ3n) is 8.63. The molecule has 188 valence electrons. The number of aryl methyl sites for hydroxylation is 1. The van der Waals surface area contributed by atoms with Gasteiger partial charge >= 0.3 is 0 Å². The lowest BCUT2D eigenvalue weighted by Gasteiger charge is -2.38. The van der Waals surface area contributed by atoms with Gasteiger partial charge in [-0.15, -0.1) is 0 Å². The lowest BCUT2D eigenvalue weighted by Crippen LogP contribution is -2.34. The molecule has 1 saturated heterocycles. The van der Waals surface area contributed by atoms with Crippen molar-refractivity contribution in [1.29, 1.82) is 0 Å². The third-order valence-corrected chi connectivity index (χ3v) is 8.63. The molecule has 5 heteroatoms. The molecular formula is C32H33N3O2. The summed E-state index contributed by atoms with van der Waals surface area (Å²) in [6, 6.07) is 21.9. The summed E-state index contributed by atoms with van der Waals surface area (Å²) in [7, 11) is 0. The van der Waals surface area contributed by atoms with Gasteiger partial charge in [0.1, 0.15) is 0 Å². The highest BCUT2D eigenvalue weighted by atomic mass is 16.5. The van der Waals surface area contributed by atoms with Gasteiger partial charge in [-0.3, -0.25) is 4.79 Å². The fourth-order valence-electron chi connectivity index (χ4n) is 6.85. The van der Waals surface area contributed by atoms with Crippen molar-refractivity contribution < 1.29 is 9.53 Å². The molecule has 1 amide bonds. The number of anilines is 1. The topological polar surface area (TPSA) is 55.3 Å². The van der Waals surface area contributed by atoms with Crippen LogP contribution in [0.1, 0.15) is 59.6 Å². The molecule has 4 atom stereocenters. The van der Waals surface area contributed by atoms with E-state index in [9.17, 15) is 4.79 Å². The van der Waals surface area contributed by atoms with Crippen LogP contribution in [-0.4, -0.2) is 29.7 Å². The summed E-state index contributed by atoms with van der Waals surface area (Å²) < 4.78 is 8.12. The summed E-state index contributed by atoms with van der Waals surface area (Å²) >= 11 is 0. The number of nitrogens with zero attached hydrogens (tertiary/aromatic N) is 1. The number of hydrogen-bond acceptors (Lipinski definition) is 3. The normalized spacial score (nSPS) is 24.2. The lowest BCUT2D eigenvalue weighted by molar-refractivity contribution is 0.0858. The zero-order chi connectivity index (χ0) is 24.9. The van der Waals surface area contributed by atoms with E-state index in [4.69, 9.17) is 4.74 Å². The van der Waals surface area contributed by atoms with E-state index in [1.54, 1.807) is 0 Å². The first-order valence-corrected chi connectivity index (χ1v) is 13.7. The fraction of sp³-hybridized carbons (Fsp3) is 0.344. The Balaban J connectivity index is 1.27. The van der Waals surface area contributed by atoms with Crippen LogP contribution in [0.4, 0.5) is 5.69 Å². The fourth-order valence-corrected chi connectivity index (χ4v) is 6.85. The molecule has 1 fully saturated rings. The van der Waals surface area contributed by atoms with Crippen molar-refractivity contribution in [2.24, 2.45) is 5.92 Å². The molecule has 5 nitrogen and oxygen atoms in total. The molecule has 1 aliphatic carbocycles. The van der Waals surface area contributed by atoms with Crippen LogP contribution in [0.25, 0.3) is 21.8 Å². The SMILES string of the molecule is CCn1c2ccccc2c2cc(C3Nc4c(C(=O)NCC5CCCO5)cccc4C4C=CCC43)ccc21. The standard InChI is InChI=1S/C32H33N3O2/c1-2-35-28-14-4-3-9-23(28)27-18-20(15-16-29(27)35)30-24-11-5-10-22(24)25-12-6-13-26(31(25)34-30)32(36)33-19-21-8-7-17-37-21/h3-6,9-10,12-16,18,21-22,24,30,34H,2,7-8,11,17,19H2,1H3,(H,33,36). The molecule has 0 bridgehead atoms. The second kappa shape index (κ2) is 9.07. The Hall–Kier alpha value is -3.57. The second-order valence-electron chi connectivity index (χ2n) is 10.6.